The third-order valence-electron chi connectivity index (χ3n) is 4.04. The van der Waals surface area contributed by atoms with Crippen molar-refractivity contribution in [3.05, 3.63) is 18.0 Å². The van der Waals surface area contributed by atoms with Crippen LogP contribution < -0.4 is 10.6 Å². The normalized spacial score (nSPS) is 23.3. The number of piperidine rings is 1. The third kappa shape index (κ3) is 3.15. The minimum absolute atomic E-state index is 0.183. The van der Waals surface area contributed by atoms with Crippen molar-refractivity contribution in [1.29, 1.82) is 0 Å². The Kier molecular flexibility index (Phi) is 4.58. The Morgan fingerprint density at radius 3 is 3.05 bits per heavy atom. The topological polar surface area (TPSA) is 59.0 Å². The fourth-order valence-corrected chi connectivity index (χ4v) is 2.90. The molecular weight excluding hydrogens is 240 g/mol. The van der Waals surface area contributed by atoms with Crippen molar-refractivity contribution in [3.63, 3.8) is 0 Å². The molecule has 0 aliphatic carbocycles. The van der Waals surface area contributed by atoms with Crippen molar-refractivity contribution in [2.45, 2.75) is 39.2 Å². The van der Waals surface area contributed by atoms with Gasteiger partial charge in [-0.2, -0.15) is 5.10 Å². The van der Waals surface area contributed by atoms with Crippen molar-refractivity contribution in [2.24, 2.45) is 12.5 Å². The molecule has 2 rings (SSSR count). The molecule has 1 aliphatic rings. The van der Waals surface area contributed by atoms with Crippen molar-refractivity contribution >= 4 is 5.91 Å². The SMILES string of the molecule is CCCC1(C(=O)NCc2ccnn2C)CCCNC1. The molecular formula is C14H24N4O. The van der Waals surface area contributed by atoms with Crippen LogP contribution >= 0.6 is 0 Å². The van der Waals surface area contributed by atoms with Crippen LogP contribution in [0.3, 0.4) is 0 Å². The van der Waals surface area contributed by atoms with Crippen molar-refractivity contribution in [1.82, 2.24) is 20.4 Å². The molecule has 2 heterocycles. The molecule has 1 unspecified atom stereocenters. The van der Waals surface area contributed by atoms with E-state index in [1.807, 2.05) is 13.1 Å². The van der Waals surface area contributed by atoms with Crippen LogP contribution in [0.2, 0.25) is 0 Å². The summed E-state index contributed by atoms with van der Waals surface area (Å²) >= 11 is 0. The lowest BCUT2D eigenvalue weighted by Crippen LogP contribution is -2.50. The number of hydrogen-bond acceptors (Lipinski definition) is 3. The lowest BCUT2D eigenvalue weighted by atomic mass is 9.76. The van der Waals surface area contributed by atoms with Gasteiger partial charge in [0.1, 0.15) is 0 Å². The van der Waals surface area contributed by atoms with Crippen LogP contribution in [0.5, 0.6) is 0 Å². The number of amides is 1. The molecule has 2 N–H and O–H groups in total. The van der Waals surface area contributed by atoms with Crippen LogP contribution in [0.1, 0.15) is 38.3 Å². The van der Waals surface area contributed by atoms with Gasteiger partial charge < -0.3 is 10.6 Å². The van der Waals surface area contributed by atoms with Gasteiger partial charge in [-0.15, -0.1) is 0 Å². The molecule has 1 saturated heterocycles. The van der Waals surface area contributed by atoms with Gasteiger partial charge in [-0.25, -0.2) is 0 Å². The summed E-state index contributed by atoms with van der Waals surface area (Å²) in [5, 5.41) is 10.6. The predicted molar refractivity (Wildman–Crippen MR) is 74.5 cm³/mol. The van der Waals surface area contributed by atoms with E-state index in [2.05, 4.69) is 22.7 Å². The summed E-state index contributed by atoms with van der Waals surface area (Å²) in [5.74, 6) is 0.183. The van der Waals surface area contributed by atoms with Gasteiger partial charge in [0, 0.05) is 19.8 Å². The number of nitrogens with zero attached hydrogens (tertiary/aromatic N) is 2. The first-order chi connectivity index (χ1) is 9.18. The van der Waals surface area contributed by atoms with E-state index in [0.29, 0.717) is 6.54 Å². The Bertz CT molecular complexity index is 415. The van der Waals surface area contributed by atoms with Crippen LogP contribution in [0.4, 0.5) is 0 Å². The van der Waals surface area contributed by atoms with Gasteiger partial charge in [0.25, 0.3) is 0 Å². The summed E-state index contributed by atoms with van der Waals surface area (Å²) in [6, 6.07) is 1.94. The van der Waals surface area contributed by atoms with Gasteiger partial charge in [0.15, 0.2) is 0 Å². The second-order valence-electron chi connectivity index (χ2n) is 5.44. The summed E-state index contributed by atoms with van der Waals surface area (Å²) in [6.07, 6.45) is 5.83. The molecule has 1 aliphatic heterocycles. The molecule has 5 nitrogen and oxygen atoms in total. The average molecular weight is 264 g/mol. The lowest BCUT2D eigenvalue weighted by molar-refractivity contribution is -0.132. The van der Waals surface area contributed by atoms with E-state index in [1.165, 1.54) is 0 Å². The quantitative estimate of drug-likeness (QED) is 0.840. The second-order valence-corrected chi connectivity index (χ2v) is 5.44. The molecule has 1 aromatic rings. The summed E-state index contributed by atoms with van der Waals surface area (Å²) in [6.45, 7) is 4.53. The molecule has 0 radical (unpaired) electrons. The predicted octanol–water partition coefficient (Wildman–Crippen LogP) is 1.21. The maximum absolute atomic E-state index is 12.5. The number of rotatable bonds is 5. The molecule has 1 amide bonds. The van der Waals surface area contributed by atoms with Crippen molar-refractivity contribution < 1.29 is 4.79 Å². The van der Waals surface area contributed by atoms with Crippen LogP contribution in [0.25, 0.3) is 0 Å². The largest absolute Gasteiger partial charge is 0.350 e. The summed E-state index contributed by atoms with van der Waals surface area (Å²) in [7, 11) is 1.89. The van der Waals surface area contributed by atoms with Gasteiger partial charge in [0.05, 0.1) is 17.7 Å². The Morgan fingerprint density at radius 1 is 1.63 bits per heavy atom. The smallest absolute Gasteiger partial charge is 0.227 e. The Morgan fingerprint density at radius 2 is 2.47 bits per heavy atom. The highest BCUT2D eigenvalue weighted by Gasteiger charge is 2.38. The maximum atomic E-state index is 12.5. The first kappa shape index (κ1) is 14.1. The number of nitrogens with one attached hydrogen (secondary N) is 2. The molecule has 0 aromatic carbocycles. The molecule has 0 bridgehead atoms. The molecule has 1 atom stereocenters. The fourth-order valence-electron chi connectivity index (χ4n) is 2.90. The average Bonchev–Trinajstić information content (AvgIpc) is 2.83. The van der Waals surface area contributed by atoms with E-state index < -0.39 is 0 Å². The molecule has 5 heteroatoms. The van der Waals surface area contributed by atoms with Crippen LogP contribution in [-0.4, -0.2) is 28.8 Å². The van der Waals surface area contributed by atoms with E-state index in [0.717, 1.165) is 44.5 Å². The summed E-state index contributed by atoms with van der Waals surface area (Å²) < 4.78 is 1.80. The zero-order chi connectivity index (χ0) is 13.7. The van der Waals surface area contributed by atoms with E-state index in [4.69, 9.17) is 0 Å². The first-order valence-electron chi connectivity index (χ1n) is 7.14. The van der Waals surface area contributed by atoms with Crippen molar-refractivity contribution in [2.75, 3.05) is 13.1 Å². The van der Waals surface area contributed by atoms with Gasteiger partial charge in [-0.1, -0.05) is 13.3 Å². The number of aromatic nitrogens is 2. The zero-order valence-electron chi connectivity index (χ0n) is 11.9. The van der Waals surface area contributed by atoms with Crippen LogP contribution in [0.15, 0.2) is 12.3 Å². The third-order valence-corrected chi connectivity index (χ3v) is 4.04. The van der Waals surface area contributed by atoms with E-state index in [9.17, 15) is 4.79 Å². The number of aryl methyl sites for hydroxylation is 1. The highest BCUT2D eigenvalue weighted by atomic mass is 16.2. The van der Waals surface area contributed by atoms with Crippen LogP contribution in [0, 0.1) is 5.41 Å². The number of hydrogen-bond donors (Lipinski definition) is 2. The van der Waals surface area contributed by atoms with E-state index >= 15 is 0 Å². The maximum Gasteiger partial charge on any atom is 0.227 e. The Labute approximate surface area is 114 Å². The first-order valence-corrected chi connectivity index (χ1v) is 7.14. The number of carbonyl (C=O) groups is 1. The standard InChI is InChI=1S/C14H24N4O/c1-3-6-14(7-4-8-15-11-14)13(19)16-10-12-5-9-17-18(12)2/h5,9,15H,3-4,6-8,10-11H2,1-2H3,(H,16,19). The second kappa shape index (κ2) is 6.19. The molecule has 0 saturated carbocycles. The van der Waals surface area contributed by atoms with Gasteiger partial charge >= 0.3 is 0 Å². The fraction of sp³-hybridized carbons (Fsp3) is 0.714. The van der Waals surface area contributed by atoms with Gasteiger partial charge in [0.2, 0.25) is 5.91 Å². The Hall–Kier alpha value is -1.36. The lowest BCUT2D eigenvalue weighted by Gasteiger charge is -2.36. The van der Waals surface area contributed by atoms with E-state index in [1.54, 1.807) is 10.9 Å². The van der Waals surface area contributed by atoms with Crippen molar-refractivity contribution in [3.8, 4) is 0 Å². The molecule has 0 spiro atoms. The molecule has 19 heavy (non-hydrogen) atoms. The summed E-state index contributed by atoms with van der Waals surface area (Å²) in [5.41, 5.74) is 0.815. The summed E-state index contributed by atoms with van der Waals surface area (Å²) in [4.78, 5) is 12.5. The van der Waals surface area contributed by atoms with E-state index in [-0.39, 0.29) is 11.3 Å². The molecule has 1 aromatic heterocycles. The monoisotopic (exact) mass is 264 g/mol. The zero-order valence-corrected chi connectivity index (χ0v) is 11.9. The molecule has 1 fully saturated rings. The minimum atomic E-state index is -0.217. The molecule has 106 valence electrons. The minimum Gasteiger partial charge on any atom is -0.350 e. The Balaban J connectivity index is 1.97. The van der Waals surface area contributed by atoms with Gasteiger partial charge in [-0.05, 0) is 31.9 Å². The van der Waals surface area contributed by atoms with Gasteiger partial charge in [-0.3, -0.25) is 9.48 Å². The highest BCUT2D eigenvalue weighted by Crippen LogP contribution is 2.31. The van der Waals surface area contributed by atoms with Crippen LogP contribution in [-0.2, 0) is 18.4 Å². The highest BCUT2D eigenvalue weighted by molar-refractivity contribution is 5.83. The number of carbonyl (C=O) groups excluding carboxylic acids is 1.